The van der Waals surface area contributed by atoms with Crippen LogP contribution in [0.3, 0.4) is 0 Å². The number of hydrogen-bond donors (Lipinski definition) is 0. The molecule has 0 saturated heterocycles. The molecule has 2 nitrogen and oxygen atoms in total. The van der Waals surface area contributed by atoms with Crippen molar-refractivity contribution < 1.29 is 9.13 Å². The molecule has 0 spiro atoms. The predicted octanol–water partition coefficient (Wildman–Crippen LogP) is 6.77. The molecule has 0 N–H and O–H groups in total. The topological polar surface area (TPSA) is 21.6 Å². The molecule has 0 aliphatic heterocycles. The Morgan fingerprint density at radius 2 is 1.77 bits per heavy atom. The maximum absolute atomic E-state index is 13.3. The first-order chi connectivity index (χ1) is 12.5. The molecule has 0 atom stereocenters. The lowest BCUT2D eigenvalue weighted by Gasteiger charge is -2.10. The van der Waals surface area contributed by atoms with Crippen molar-refractivity contribution in [2.45, 2.75) is 13.5 Å². The average molecular weight is 388 g/mol. The van der Waals surface area contributed by atoms with E-state index in [1.807, 2.05) is 25.1 Å². The standard InChI is InChI=1S/C21H16Cl2FNO/c1-14-5-6-18(23)11-20(14)25-12-16-10-17(22)7-8-21(16)26-13-15-3-2-4-19(24)9-15/h2-12H,13H2,1H3. The van der Waals surface area contributed by atoms with Gasteiger partial charge < -0.3 is 4.74 Å². The Kier molecular flexibility index (Phi) is 5.92. The van der Waals surface area contributed by atoms with Gasteiger partial charge in [-0.1, -0.05) is 41.4 Å². The molecular formula is C21H16Cl2FNO. The summed E-state index contributed by atoms with van der Waals surface area (Å²) in [6.07, 6.45) is 1.69. The van der Waals surface area contributed by atoms with E-state index in [1.165, 1.54) is 12.1 Å². The summed E-state index contributed by atoms with van der Waals surface area (Å²) < 4.78 is 19.1. The molecular weight excluding hydrogens is 372 g/mol. The minimum atomic E-state index is -0.291. The first-order valence-electron chi connectivity index (χ1n) is 7.98. The lowest BCUT2D eigenvalue weighted by Crippen LogP contribution is -1.99. The Bertz CT molecular complexity index is 956. The van der Waals surface area contributed by atoms with Crippen LogP contribution in [0, 0.1) is 12.7 Å². The van der Waals surface area contributed by atoms with Gasteiger partial charge in [0.25, 0.3) is 0 Å². The van der Waals surface area contributed by atoms with Crippen LogP contribution in [-0.2, 0) is 6.61 Å². The van der Waals surface area contributed by atoms with Crippen LogP contribution < -0.4 is 4.74 Å². The Hall–Kier alpha value is -2.36. The number of aliphatic imine (C=N–C) groups is 1. The monoisotopic (exact) mass is 387 g/mol. The summed E-state index contributed by atoms with van der Waals surface area (Å²) in [6, 6.07) is 17.1. The Morgan fingerprint density at radius 3 is 2.58 bits per heavy atom. The third kappa shape index (κ3) is 4.84. The lowest BCUT2D eigenvalue weighted by atomic mass is 10.2. The van der Waals surface area contributed by atoms with Gasteiger partial charge in [0, 0.05) is 21.8 Å². The van der Waals surface area contributed by atoms with Crippen molar-refractivity contribution in [2.24, 2.45) is 4.99 Å². The molecule has 0 unspecified atom stereocenters. The lowest BCUT2D eigenvalue weighted by molar-refractivity contribution is 0.305. The predicted molar refractivity (Wildman–Crippen MR) is 106 cm³/mol. The highest BCUT2D eigenvalue weighted by atomic mass is 35.5. The summed E-state index contributed by atoms with van der Waals surface area (Å²) in [5.41, 5.74) is 3.25. The molecule has 0 amide bonds. The maximum Gasteiger partial charge on any atom is 0.128 e. The van der Waals surface area contributed by atoms with Gasteiger partial charge in [0.2, 0.25) is 0 Å². The maximum atomic E-state index is 13.3. The number of nitrogens with zero attached hydrogens (tertiary/aromatic N) is 1. The molecule has 3 aromatic rings. The molecule has 26 heavy (non-hydrogen) atoms. The molecule has 0 fully saturated rings. The van der Waals surface area contributed by atoms with Crippen molar-refractivity contribution >= 4 is 35.1 Å². The van der Waals surface area contributed by atoms with E-state index in [2.05, 4.69) is 4.99 Å². The molecule has 0 aromatic heterocycles. The van der Waals surface area contributed by atoms with E-state index in [4.69, 9.17) is 27.9 Å². The van der Waals surface area contributed by atoms with E-state index < -0.39 is 0 Å². The van der Waals surface area contributed by atoms with Crippen LogP contribution in [0.4, 0.5) is 10.1 Å². The van der Waals surface area contributed by atoms with Crippen LogP contribution >= 0.6 is 23.2 Å². The fraction of sp³-hybridized carbons (Fsp3) is 0.0952. The summed E-state index contributed by atoms with van der Waals surface area (Å²) in [5.74, 6) is 0.322. The summed E-state index contributed by atoms with van der Waals surface area (Å²) in [4.78, 5) is 4.50. The minimum absolute atomic E-state index is 0.246. The number of rotatable bonds is 5. The highest BCUT2D eigenvalue weighted by molar-refractivity contribution is 6.31. The van der Waals surface area contributed by atoms with E-state index >= 15 is 0 Å². The Labute approximate surface area is 161 Å². The first-order valence-corrected chi connectivity index (χ1v) is 8.74. The normalized spacial score (nSPS) is 11.1. The smallest absolute Gasteiger partial charge is 0.128 e. The molecule has 0 radical (unpaired) electrons. The fourth-order valence-electron chi connectivity index (χ4n) is 2.40. The zero-order valence-electron chi connectivity index (χ0n) is 14.0. The van der Waals surface area contributed by atoms with Gasteiger partial charge in [-0.3, -0.25) is 4.99 Å². The molecule has 5 heteroatoms. The average Bonchev–Trinajstić information content (AvgIpc) is 2.62. The minimum Gasteiger partial charge on any atom is -0.488 e. The Balaban J connectivity index is 1.83. The van der Waals surface area contributed by atoms with E-state index in [9.17, 15) is 4.39 Å². The highest BCUT2D eigenvalue weighted by Crippen LogP contribution is 2.26. The zero-order valence-corrected chi connectivity index (χ0v) is 15.6. The summed E-state index contributed by atoms with van der Waals surface area (Å²) >= 11 is 12.1. The third-order valence-electron chi connectivity index (χ3n) is 3.77. The van der Waals surface area contributed by atoms with Crippen LogP contribution in [-0.4, -0.2) is 6.21 Å². The van der Waals surface area contributed by atoms with Crippen molar-refractivity contribution in [1.29, 1.82) is 0 Å². The van der Waals surface area contributed by atoms with Crippen LogP contribution in [0.2, 0.25) is 10.0 Å². The molecule has 0 bridgehead atoms. The summed E-state index contributed by atoms with van der Waals surface area (Å²) in [6.45, 7) is 2.21. The second kappa shape index (κ2) is 8.35. The van der Waals surface area contributed by atoms with Gasteiger partial charge >= 0.3 is 0 Å². The molecule has 0 aliphatic carbocycles. The van der Waals surface area contributed by atoms with E-state index in [1.54, 1.807) is 36.5 Å². The molecule has 0 heterocycles. The number of halogens is 3. The number of benzene rings is 3. The first kappa shape index (κ1) is 18.4. The molecule has 3 rings (SSSR count). The quantitative estimate of drug-likeness (QED) is 0.442. The SMILES string of the molecule is Cc1ccc(Cl)cc1N=Cc1cc(Cl)ccc1OCc1cccc(F)c1. The van der Waals surface area contributed by atoms with Crippen molar-refractivity contribution in [3.63, 3.8) is 0 Å². The summed E-state index contributed by atoms with van der Waals surface area (Å²) in [5, 5.41) is 1.20. The zero-order chi connectivity index (χ0) is 18.5. The van der Waals surface area contributed by atoms with Crippen molar-refractivity contribution in [1.82, 2.24) is 0 Å². The van der Waals surface area contributed by atoms with Crippen molar-refractivity contribution in [3.05, 3.63) is 93.2 Å². The van der Waals surface area contributed by atoms with Gasteiger partial charge in [0.05, 0.1) is 5.69 Å². The molecule has 0 aliphatic rings. The number of aryl methyl sites for hydroxylation is 1. The second-order valence-electron chi connectivity index (χ2n) is 5.79. The largest absolute Gasteiger partial charge is 0.488 e. The van der Waals surface area contributed by atoms with Gasteiger partial charge in [-0.15, -0.1) is 0 Å². The Morgan fingerprint density at radius 1 is 1.00 bits per heavy atom. The van der Waals surface area contributed by atoms with E-state index in [0.717, 1.165) is 22.4 Å². The van der Waals surface area contributed by atoms with Gasteiger partial charge in [0.15, 0.2) is 0 Å². The van der Waals surface area contributed by atoms with Gasteiger partial charge in [0.1, 0.15) is 18.2 Å². The molecule has 0 saturated carbocycles. The van der Waals surface area contributed by atoms with Crippen LogP contribution in [0.25, 0.3) is 0 Å². The number of ether oxygens (including phenoxy) is 1. The number of hydrogen-bond acceptors (Lipinski definition) is 2. The summed E-state index contributed by atoms with van der Waals surface area (Å²) in [7, 11) is 0. The molecule has 132 valence electrons. The fourth-order valence-corrected chi connectivity index (χ4v) is 2.75. The van der Waals surface area contributed by atoms with Crippen LogP contribution in [0.15, 0.2) is 65.7 Å². The van der Waals surface area contributed by atoms with Crippen LogP contribution in [0.5, 0.6) is 5.75 Å². The highest BCUT2D eigenvalue weighted by Gasteiger charge is 2.05. The third-order valence-corrected chi connectivity index (χ3v) is 4.24. The van der Waals surface area contributed by atoms with Gasteiger partial charge in [-0.2, -0.15) is 0 Å². The van der Waals surface area contributed by atoms with Gasteiger partial charge in [-0.05, 0) is 60.5 Å². The van der Waals surface area contributed by atoms with Crippen LogP contribution in [0.1, 0.15) is 16.7 Å². The molecule has 3 aromatic carbocycles. The van der Waals surface area contributed by atoms with Crippen molar-refractivity contribution in [3.8, 4) is 5.75 Å². The van der Waals surface area contributed by atoms with Gasteiger partial charge in [-0.25, -0.2) is 4.39 Å². The van der Waals surface area contributed by atoms with Crippen molar-refractivity contribution in [2.75, 3.05) is 0 Å². The second-order valence-corrected chi connectivity index (χ2v) is 6.66. The van der Waals surface area contributed by atoms with E-state index in [-0.39, 0.29) is 12.4 Å². The van der Waals surface area contributed by atoms with E-state index in [0.29, 0.717) is 15.8 Å².